The molecule has 1 amide bonds. The first-order valence-corrected chi connectivity index (χ1v) is 10.6. The van der Waals surface area contributed by atoms with Crippen molar-refractivity contribution in [2.24, 2.45) is 0 Å². The van der Waals surface area contributed by atoms with Gasteiger partial charge in [-0.15, -0.1) is 0 Å². The minimum Gasteiger partial charge on any atom is -0.462 e. The van der Waals surface area contributed by atoms with Crippen molar-refractivity contribution in [3.8, 4) is 11.3 Å². The molecule has 0 atom stereocenters. The maximum Gasteiger partial charge on any atom is 0.339 e. The van der Waals surface area contributed by atoms with Gasteiger partial charge in [-0.2, -0.15) is 0 Å². The lowest BCUT2D eigenvalue weighted by Crippen LogP contribution is -2.13. The molecule has 0 fully saturated rings. The number of fused-ring (bicyclic) bond motifs is 2. The fourth-order valence-corrected chi connectivity index (χ4v) is 3.73. The number of hydrogen-bond donors (Lipinski definition) is 1. The summed E-state index contributed by atoms with van der Waals surface area (Å²) in [5, 5.41) is 4.70. The van der Waals surface area contributed by atoms with E-state index in [1.807, 2.05) is 54.6 Å². The summed E-state index contributed by atoms with van der Waals surface area (Å²) in [6, 6.07) is 24.1. The van der Waals surface area contributed by atoms with Gasteiger partial charge < -0.3 is 14.5 Å². The SMILES string of the molecule is CCOC(=O)c1cnc2cc(NC(=O)c3ccccc3-c3cc4ccccc4o3)ccc2c1. The summed E-state index contributed by atoms with van der Waals surface area (Å²) >= 11 is 0. The Morgan fingerprint density at radius 3 is 2.61 bits per heavy atom. The molecule has 0 aliphatic rings. The van der Waals surface area contributed by atoms with Crippen LogP contribution >= 0.6 is 0 Å². The smallest absolute Gasteiger partial charge is 0.339 e. The molecule has 5 rings (SSSR count). The highest BCUT2D eigenvalue weighted by Crippen LogP contribution is 2.30. The van der Waals surface area contributed by atoms with Crippen LogP contribution in [0.1, 0.15) is 27.6 Å². The fraction of sp³-hybridized carbons (Fsp3) is 0.0741. The summed E-state index contributed by atoms with van der Waals surface area (Å²) in [5.74, 6) is -0.0337. The molecule has 2 heterocycles. The molecule has 0 saturated carbocycles. The lowest BCUT2D eigenvalue weighted by atomic mass is 10.0. The molecule has 0 radical (unpaired) electrons. The van der Waals surface area contributed by atoms with E-state index in [1.54, 1.807) is 31.2 Å². The summed E-state index contributed by atoms with van der Waals surface area (Å²) in [6.07, 6.45) is 1.48. The molecule has 3 aromatic carbocycles. The van der Waals surface area contributed by atoms with Crippen LogP contribution in [0.15, 0.2) is 89.5 Å². The standard InChI is InChI=1S/C27H20N2O4/c1-2-32-27(31)19-13-17-11-12-20(15-23(17)28-16-19)29-26(30)22-9-5-4-8-21(22)25-14-18-7-3-6-10-24(18)33-25/h3-16H,2H2,1H3,(H,29,30). The Hall–Kier alpha value is -4.45. The van der Waals surface area contributed by atoms with Crippen molar-refractivity contribution in [1.29, 1.82) is 0 Å². The van der Waals surface area contributed by atoms with Gasteiger partial charge in [0.05, 0.1) is 23.3 Å². The van der Waals surface area contributed by atoms with Crippen molar-refractivity contribution in [2.45, 2.75) is 6.92 Å². The summed E-state index contributed by atoms with van der Waals surface area (Å²) < 4.78 is 11.0. The molecule has 0 aliphatic heterocycles. The van der Waals surface area contributed by atoms with Gasteiger partial charge in [0.1, 0.15) is 11.3 Å². The normalized spacial score (nSPS) is 10.9. The number of pyridine rings is 1. The topological polar surface area (TPSA) is 81.4 Å². The minimum atomic E-state index is -0.411. The minimum absolute atomic E-state index is 0.256. The average Bonchev–Trinajstić information content (AvgIpc) is 3.28. The van der Waals surface area contributed by atoms with Gasteiger partial charge in [0.2, 0.25) is 0 Å². The summed E-state index contributed by atoms with van der Waals surface area (Å²) in [6.45, 7) is 2.06. The summed E-state index contributed by atoms with van der Waals surface area (Å²) in [4.78, 5) is 29.4. The fourth-order valence-electron chi connectivity index (χ4n) is 3.73. The first kappa shape index (κ1) is 20.5. The number of rotatable bonds is 5. The second-order valence-electron chi connectivity index (χ2n) is 7.50. The zero-order valence-corrected chi connectivity index (χ0v) is 17.9. The maximum atomic E-state index is 13.1. The molecule has 1 N–H and O–H groups in total. The number of anilines is 1. The van der Waals surface area contributed by atoms with E-state index in [0.717, 1.165) is 16.4 Å². The number of nitrogens with zero attached hydrogens (tertiary/aromatic N) is 1. The molecule has 0 bridgehead atoms. The van der Waals surface area contributed by atoms with Crippen molar-refractivity contribution in [1.82, 2.24) is 4.98 Å². The molecule has 0 spiro atoms. The first-order valence-electron chi connectivity index (χ1n) is 10.6. The van der Waals surface area contributed by atoms with E-state index >= 15 is 0 Å². The quantitative estimate of drug-likeness (QED) is 0.338. The van der Waals surface area contributed by atoms with E-state index in [1.165, 1.54) is 6.20 Å². The third-order valence-electron chi connectivity index (χ3n) is 5.32. The zero-order valence-electron chi connectivity index (χ0n) is 17.9. The summed E-state index contributed by atoms with van der Waals surface area (Å²) in [5.41, 5.74) is 3.63. The molecule has 0 saturated heterocycles. The Kier molecular flexibility index (Phi) is 5.32. The third-order valence-corrected chi connectivity index (χ3v) is 5.32. The Morgan fingerprint density at radius 2 is 1.76 bits per heavy atom. The Bertz CT molecular complexity index is 1470. The maximum absolute atomic E-state index is 13.1. The van der Waals surface area contributed by atoms with Gasteiger partial charge in [0.15, 0.2) is 0 Å². The van der Waals surface area contributed by atoms with Crippen LogP contribution in [0.5, 0.6) is 0 Å². The van der Waals surface area contributed by atoms with Gasteiger partial charge in [-0.05, 0) is 43.3 Å². The second-order valence-corrected chi connectivity index (χ2v) is 7.50. The number of para-hydroxylation sites is 1. The number of hydrogen-bond acceptors (Lipinski definition) is 5. The van der Waals surface area contributed by atoms with Gasteiger partial charge in [-0.25, -0.2) is 4.79 Å². The van der Waals surface area contributed by atoms with Gasteiger partial charge in [0.25, 0.3) is 5.91 Å². The van der Waals surface area contributed by atoms with E-state index < -0.39 is 5.97 Å². The Morgan fingerprint density at radius 1 is 0.939 bits per heavy atom. The number of benzene rings is 3. The Labute approximate surface area is 189 Å². The van der Waals surface area contributed by atoms with Gasteiger partial charge in [0, 0.05) is 28.2 Å². The first-order chi connectivity index (χ1) is 16.1. The highest BCUT2D eigenvalue weighted by molar-refractivity contribution is 6.09. The van der Waals surface area contributed by atoms with Crippen LogP contribution in [0.3, 0.4) is 0 Å². The van der Waals surface area contributed by atoms with Crippen LogP contribution in [0.4, 0.5) is 5.69 Å². The number of nitrogens with one attached hydrogen (secondary N) is 1. The summed E-state index contributed by atoms with van der Waals surface area (Å²) in [7, 11) is 0. The molecule has 0 unspecified atom stereocenters. The third kappa shape index (κ3) is 4.06. The van der Waals surface area contributed by atoms with Crippen molar-refractivity contribution in [3.63, 3.8) is 0 Å². The zero-order chi connectivity index (χ0) is 22.8. The lowest BCUT2D eigenvalue weighted by molar-refractivity contribution is 0.0526. The van der Waals surface area contributed by atoms with Crippen LogP contribution in [-0.2, 0) is 4.74 Å². The van der Waals surface area contributed by atoms with E-state index in [9.17, 15) is 9.59 Å². The van der Waals surface area contributed by atoms with Gasteiger partial charge in [-0.1, -0.05) is 42.5 Å². The van der Waals surface area contributed by atoms with Crippen LogP contribution in [-0.4, -0.2) is 23.5 Å². The van der Waals surface area contributed by atoms with Crippen LogP contribution in [0.2, 0.25) is 0 Å². The molecule has 0 aliphatic carbocycles. The van der Waals surface area contributed by atoms with Crippen molar-refractivity contribution < 1.29 is 18.7 Å². The highest BCUT2D eigenvalue weighted by atomic mass is 16.5. The second kappa shape index (κ2) is 8.59. The van der Waals surface area contributed by atoms with Gasteiger partial charge in [-0.3, -0.25) is 9.78 Å². The number of carbonyl (C=O) groups is 2. The predicted molar refractivity (Wildman–Crippen MR) is 127 cm³/mol. The monoisotopic (exact) mass is 436 g/mol. The number of aromatic nitrogens is 1. The number of furan rings is 1. The lowest BCUT2D eigenvalue weighted by Gasteiger charge is -2.10. The van der Waals surface area contributed by atoms with Crippen LogP contribution in [0.25, 0.3) is 33.2 Å². The molecular weight excluding hydrogens is 416 g/mol. The molecular formula is C27H20N2O4. The highest BCUT2D eigenvalue weighted by Gasteiger charge is 2.16. The molecule has 5 aromatic rings. The van der Waals surface area contributed by atoms with Crippen molar-refractivity contribution in [3.05, 3.63) is 96.2 Å². The molecule has 162 valence electrons. The van der Waals surface area contributed by atoms with Crippen molar-refractivity contribution >= 4 is 39.4 Å². The molecule has 6 nitrogen and oxygen atoms in total. The van der Waals surface area contributed by atoms with Crippen LogP contribution < -0.4 is 5.32 Å². The van der Waals surface area contributed by atoms with E-state index in [0.29, 0.717) is 40.3 Å². The van der Waals surface area contributed by atoms with Crippen LogP contribution in [0, 0.1) is 0 Å². The van der Waals surface area contributed by atoms with E-state index in [4.69, 9.17) is 9.15 Å². The largest absolute Gasteiger partial charge is 0.462 e. The molecule has 33 heavy (non-hydrogen) atoms. The number of amides is 1. The Balaban J connectivity index is 1.43. The number of esters is 1. The predicted octanol–water partition coefficient (Wildman–Crippen LogP) is 6.08. The molecule has 6 heteroatoms. The van der Waals surface area contributed by atoms with E-state index in [2.05, 4.69) is 10.3 Å². The number of carbonyl (C=O) groups excluding carboxylic acids is 2. The number of ether oxygens (including phenoxy) is 1. The van der Waals surface area contributed by atoms with Crippen molar-refractivity contribution in [2.75, 3.05) is 11.9 Å². The van der Waals surface area contributed by atoms with E-state index in [-0.39, 0.29) is 5.91 Å². The average molecular weight is 436 g/mol. The molecule has 2 aromatic heterocycles. The van der Waals surface area contributed by atoms with Gasteiger partial charge >= 0.3 is 5.97 Å².